The van der Waals surface area contributed by atoms with Crippen LogP contribution in [0.3, 0.4) is 0 Å². The van der Waals surface area contributed by atoms with Crippen LogP contribution in [0.4, 0.5) is 0 Å². The SMILES string of the molecule is Cc1c(COc2cc(OCc3ccc(-n4cccn4)nc3)c(CNC(C)(CO)C(=O)O)cc2Cl)cccc1-c1cccc(COc2cc(OCc3ccc(-n4cccn4)nc3)c(CN[C@@](C)(CO)C(=O)O)cc2Cl)c1C. The van der Waals surface area contributed by atoms with Crippen LogP contribution < -0.4 is 29.6 Å². The molecule has 0 spiro atoms. The molecule has 8 aromatic rings. The summed E-state index contributed by atoms with van der Waals surface area (Å²) in [5, 5.41) is 54.2. The number of nitrogens with one attached hydrogen (secondary N) is 2. The average Bonchev–Trinajstić information content (AvgIpc) is 4.18. The highest BCUT2D eigenvalue weighted by molar-refractivity contribution is 6.32. The third kappa shape index (κ3) is 12.8. The number of aromatic nitrogens is 6. The van der Waals surface area contributed by atoms with E-state index in [1.54, 1.807) is 82.9 Å². The van der Waals surface area contributed by atoms with Crippen LogP contribution in [0.15, 0.2) is 134 Å². The normalized spacial score (nSPS) is 12.9. The molecule has 0 fully saturated rings. The van der Waals surface area contributed by atoms with Crippen LogP contribution in [0, 0.1) is 13.8 Å². The van der Waals surface area contributed by atoms with Gasteiger partial charge in [0.2, 0.25) is 0 Å². The summed E-state index contributed by atoms with van der Waals surface area (Å²) in [4.78, 5) is 33.0. The number of ether oxygens (including phenoxy) is 4. The Morgan fingerprint density at radius 1 is 0.553 bits per heavy atom. The molecule has 18 nitrogen and oxygen atoms in total. The van der Waals surface area contributed by atoms with Crippen molar-refractivity contribution in [3.05, 3.63) is 189 Å². The first-order valence-corrected chi connectivity index (χ1v) is 24.8. The molecule has 4 aromatic carbocycles. The van der Waals surface area contributed by atoms with Crippen molar-refractivity contribution in [2.24, 2.45) is 0 Å². The predicted molar refractivity (Wildman–Crippen MR) is 284 cm³/mol. The van der Waals surface area contributed by atoms with Gasteiger partial charge in [0.05, 0.1) is 23.3 Å². The van der Waals surface area contributed by atoms with Gasteiger partial charge < -0.3 is 39.4 Å². The Kier molecular flexibility index (Phi) is 17.3. The molecule has 0 saturated carbocycles. The zero-order chi connectivity index (χ0) is 54.0. The van der Waals surface area contributed by atoms with Gasteiger partial charge in [-0.25, -0.2) is 19.3 Å². The number of nitrogens with zero attached hydrogens (tertiary/aromatic N) is 6. The summed E-state index contributed by atoms with van der Waals surface area (Å²) in [5.74, 6) is 0.299. The smallest absolute Gasteiger partial charge is 0.326 e. The summed E-state index contributed by atoms with van der Waals surface area (Å²) in [7, 11) is 0. The van der Waals surface area contributed by atoms with Crippen molar-refractivity contribution in [2.75, 3.05) is 13.2 Å². The Hall–Kier alpha value is -7.84. The van der Waals surface area contributed by atoms with Crippen LogP contribution in [0.5, 0.6) is 23.0 Å². The topological polar surface area (TPSA) is 237 Å². The monoisotopic (exact) mass is 1070 g/mol. The first-order valence-electron chi connectivity index (χ1n) is 24.0. The van der Waals surface area contributed by atoms with E-state index in [1.165, 1.54) is 13.8 Å². The van der Waals surface area contributed by atoms with Crippen LogP contribution in [0.25, 0.3) is 22.8 Å². The second kappa shape index (κ2) is 24.2. The number of halogens is 2. The van der Waals surface area contributed by atoms with Gasteiger partial charge in [-0.15, -0.1) is 0 Å². The van der Waals surface area contributed by atoms with E-state index >= 15 is 0 Å². The summed E-state index contributed by atoms with van der Waals surface area (Å²) >= 11 is 13.7. The van der Waals surface area contributed by atoms with E-state index in [-0.39, 0.29) is 49.6 Å². The number of aliphatic hydroxyl groups excluding tert-OH is 2. The molecule has 0 bridgehead atoms. The molecule has 8 rings (SSSR count). The largest absolute Gasteiger partial charge is 0.488 e. The molecule has 0 radical (unpaired) electrons. The van der Waals surface area contributed by atoms with E-state index in [9.17, 15) is 30.0 Å². The molecule has 4 heterocycles. The Morgan fingerprint density at radius 3 is 1.30 bits per heavy atom. The fraction of sp³-hybridized carbons (Fsp3) is 0.250. The van der Waals surface area contributed by atoms with Gasteiger partial charge in [0, 0.05) is 84.7 Å². The maximum absolute atomic E-state index is 12.0. The van der Waals surface area contributed by atoms with Gasteiger partial charge >= 0.3 is 11.9 Å². The average molecular weight is 1070 g/mol. The summed E-state index contributed by atoms with van der Waals surface area (Å²) in [6.07, 6.45) is 10.3. The second-order valence-electron chi connectivity index (χ2n) is 18.4. The number of hydrogen-bond acceptors (Lipinski definition) is 14. The molecule has 0 aliphatic heterocycles. The number of carboxylic acid groups (broad SMARTS) is 2. The van der Waals surface area contributed by atoms with Gasteiger partial charge in [0.25, 0.3) is 0 Å². The number of carboxylic acids is 2. The molecule has 0 amide bonds. The van der Waals surface area contributed by atoms with Gasteiger partial charge in [0.1, 0.15) is 60.5 Å². The molecule has 20 heteroatoms. The lowest BCUT2D eigenvalue weighted by Crippen LogP contribution is -2.52. The summed E-state index contributed by atoms with van der Waals surface area (Å²) in [6, 6.07) is 29.6. The van der Waals surface area contributed by atoms with Gasteiger partial charge in [0.15, 0.2) is 11.6 Å². The van der Waals surface area contributed by atoms with Crippen molar-refractivity contribution in [3.8, 4) is 45.8 Å². The van der Waals surface area contributed by atoms with Crippen molar-refractivity contribution in [3.63, 3.8) is 0 Å². The van der Waals surface area contributed by atoms with Crippen molar-refractivity contribution >= 4 is 35.1 Å². The third-order valence-corrected chi connectivity index (χ3v) is 13.6. The Morgan fingerprint density at radius 2 is 0.961 bits per heavy atom. The highest BCUT2D eigenvalue weighted by Gasteiger charge is 2.33. The minimum atomic E-state index is -1.62. The Bertz CT molecular complexity index is 3070. The zero-order valence-electron chi connectivity index (χ0n) is 42.0. The maximum atomic E-state index is 12.0. The van der Waals surface area contributed by atoms with Crippen LogP contribution in [-0.4, -0.2) is 86.2 Å². The van der Waals surface area contributed by atoms with Crippen LogP contribution >= 0.6 is 23.2 Å². The summed E-state index contributed by atoms with van der Waals surface area (Å²) in [5.41, 5.74) is 5.07. The lowest BCUT2D eigenvalue weighted by Gasteiger charge is -2.25. The van der Waals surface area contributed by atoms with E-state index in [2.05, 4.69) is 30.8 Å². The van der Waals surface area contributed by atoms with Crippen LogP contribution in [0.1, 0.15) is 58.4 Å². The number of benzene rings is 4. The minimum Gasteiger partial charge on any atom is -0.488 e. The summed E-state index contributed by atoms with van der Waals surface area (Å²) in [6.45, 7) is 6.10. The Labute approximate surface area is 448 Å². The Balaban J connectivity index is 0.988. The van der Waals surface area contributed by atoms with E-state index in [0.717, 1.165) is 44.5 Å². The number of carbonyl (C=O) groups is 2. The van der Waals surface area contributed by atoms with Crippen molar-refractivity contribution in [1.82, 2.24) is 40.2 Å². The number of rotatable bonds is 25. The quantitative estimate of drug-likeness (QED) is 0.0314. The van der Waals surface area contributed by atoms with Gasteiger partial charge in [-0.1, -0.05) is 71.7 Å². The van der Waals surface area contributed by atoms with Crippen molar-refractivity contribution < 1.29 is 49.0 Å². The number of aliphatic hydroxyl groups is 2. The second-order valence-corrected chi connectivity index (χ2v) is 19.2. The van der Waals surface area contributed by atoms with E-state index in [1.807, 2.05) is 74.5 Å². The van der Waals surface area contributed by atoms with Crippen LogP contribution in [-0.2, 0) is 49.1 Å². The molecule has 394 valence electrons. The fourth-order valence-electron chi connectivity index (χ4n) is 7.88. The predicted octanol–water partition coefficient (Wildman–Crippen LogP) is 8.61. The van der Waals surface area contributed by atoms with E-state index in [0.29, 0.717) is 45.8 Å². The third-order valence-electron chi connectivity index (χ3n) is 13.0. The van der Waals surface area contributed by atoms with E-state index in [4.69, 9.17) is 42.1 Å². The lowest BCUT2D eigenvalue weighted by atomic mass is 9.92. The van der Waals surface area contributed by atoms with Crippen LogP contribution in [0.2, 0.25) is 10.0 Å². The molecule has 76 heavy (non-hydrogen) atoms. The van der Waals surface area contributed by atoms with Gasteiger partial charge in [-0.05, 0) is 97.5 Å². The molecular formula is C56H56Cl2N8O10. The molecule has 6 N–H and O–H groups in total. The molecule has 0 aliphatic rings. The highest BCUT2D eigenvalue weighted by atomic mass is 35.5. The van der Waals surface area contributed by atoms with Crippen molar-refractivity contribution in [2.45, 2.75) is 78.3 Å². The zero-order valence-corrected chi connectivity index (χ0v) is 43.5. The number of pyridine rings is 2. The first-order chi connectivity index (χ1) is 36.6. The standard InChI is InChI=1S/C56H56Cl2N8O10/c1-35-39(31-75-49-23-47(41(21-45(49)57)27-61-55(3,33-67)53(69)70)73-29-37-13-15-51(59-25-37)65-19-7-17-63-65)9-5-11-43(35)44-12-6-10-40(36(44)2)32-76-50-24-48(42(22-46(50)58)28-62-56(4,34-68)54(71)72)74-30-38-14-16-52(60-26-38)66-20-8-18-64-66/h5-26,61-62,67-68H,27-34H2,1-4H3,(H,69,70)(H,71,72)/t55-,56?/m0/s1. The summed E-state index contributed by atoms with van der Waals surface area (Å²) < 4.78 is 28.7. The molecule has 0 saturated heterocycles. The molecule has 2 atom stereocenters. The van der Waals surface area contributed by atoms with Crippen molar-refractivity contribution in [1.29, 1.82) is 0 Å². The fourth-order valence-corrected chi connectivity index (χ4v) is 8.36. The highest BCUT2D eigenvalue weighted by Crippen LogP contribution is 2.38. The molecular weight excluding hydrogens is 1020 g/mol. The van der Waals surface area contributed by atoms with E-state index < -0.39 is 36.2 Å². The molecule has 4 aromatic heterocycles. The molecule has 0 aliphatic carbocycles. The maximum Gasteiger partial charge on any atom is 0.326 e. The van der Waals surface area contributed by atoms with Gasteiger partial charge in [-0.3, -0.25) is 20.2 Å². The lowest BCUT2D eigenvalue weighted by molar-refractivity contribution is -0.146. The molecule has 1 unspecified atom stereocenters. The first kappa shape index (κ1) is 54.4. The number of aliphatic carboxylic acids is 2. The van der Waals surface area contributed by atoms with Gasteiger partial charge in [-0.2, -0.15) is 10.2 Å². The number of hydrogen-bond donors (Lipinski definition) is 6. The minimum absolute atomic E-state index is 0.0103.